The van der Waals surface area contributed by atoms with Crippen LogP contribution >= 0.6 is 0 Å². The first kappa shape index (κ1) is 19.2. The highest BCUT2D eigenvalue weighted by Crippen LogP contribution is 2.29. The molecule has 0 aliphatic heterocycles. The summed E-state index contributed by atoms with van der Waals surface area (Å²) in [6, 6.07) is 20.3. The van der Waals surface area contributed by atoms with Crippen molar-refractivity contribution >= 4 is 5.91 Å². The second-order valence-corrected chi connectivity index (χ2v) is 7.75. The first-order chi connectivity index (χ1) is 11.8. The Hall–Kier alpha value is -2.13. The second kappa shape index (κ2) is 7.83. The number of nitrogens with one attached hydrogen (secondary N) is 1. The van der Waals surface area contributed by atoms with Gasteiger partial charge in [-0.2, -0.15) is 0 Å². The van der Waals surface area contributed by atoms with Gasteiger partial charge in [-0.05, 0) is 52.4 Å². The van der Waals surface area contributed by atoms with Crippen LogP contribution < -0.4 is 5.32 Å². The third-order valence-electron chi connectivity index (χ3n) is 5.20. The maximum Gasteiger partial charge on any atom is 0.230 e. The normalized spacial score (nSPS) is 14.2. The van der Waals surface area contributed by atoms with Gasteiger partial charge in [0, 0.05) is 12.1 Å². The molecule has 0 aliphatic carbocycles. The van der Waals surface area contributed by atoms with Gasteiger partial charge in [-0.15, -0.1) is 0 Å². The fourth-order valence-corrected chi connectivity index (χ4v) is 2.77. The largest absolute Gasteiger partial charge is 0.353 e. The summed E-state index contributed by atoms with van der Waals surface area (Å²) in [5, 5.41) is 3.18. The van der Waals surface area contributed by atoms with Gasteiger partial charge in [0.25, 0.3) is 0 Å². The van der Waals surface area contributed by atoms with Crippen molar-refractivity contribution in [2.75, 3.05) is 20.6 Å². The van der Waals surface area contributed by atoms with Gasteiger partial charge in [-0.25, -0.2) is 0 Å². The molecule has 1 unspecified atom stereocenters. The van der Waals surface area contributed by atoms with Crippen molar-refractivity contribution in [3.8, 4) is 0 Å². The number of carbonyl (C=O) groups excluding carboxylic acids is 1. The molecule has 0 spiro atoms. The molecule has 0 aromatic heterocycles. The van der Waals surface area contributed by atoms with Gasteiger partial charge in [-0.3, -0.25) is 4.79 Å². The Morgan fingerprint density at radius 2 is 1.44 bits per heavy atom. The van der Waals surface area contributed by atoms with Crippen LogP contribution in [0.5, 0.6) is 0 Å². The molecule has 1 atom stereocenters. The molecule has 0 heterocycles. The predicted octanol–water partition coefficient (Wildman–Crippen LogP) is 3.64. The number of hydrogen-bond donors (Lipinski definition) is 1. The summed E-state index contributed by atoms with van der Waals surface area (Å²) in [6.07, 6.45) is 0.673. The Balaban J connectivity index is 2.27. The summed E-state index contributed by atoms with van der Waals surface area (Å²) in [5.41, 5.74) is 1.50. The molecule has 2 aromatic carbocycles. The van der Waals surface area contributed by atoms with Gasteiger partial charge < -0.3 is 10.2 Å². The van der Waals surface area contributed by atoms with E-state index in [1.165, 1.54) is 0 Å². The van der Waals surface area contributed by atoms with Crippen molar-refractivity contribution in [3.63, 3.8) is 0 Å². The minimum absolute atomic E-state index is 0.0671. The summed E-state index contributed by atoms with van der Waals surface area (Å²) in [4.78, 5) is 15.3. The predicted molar refractivity (Wildman–Crippen MR) is 105 cm³/mol. The smallest absolute Gasteiger partial charge is 0.230 e. The molecule has 1 N–H and O–H groups in total. The van der Waals surface area contributed by atoms with Crippen molar-refractivity contribution in [1.29, 1.82) is 0 Å². The number of carbonyl (C=O) groups is 1. The van der Waals surface area contributed by atoms with E-state index in [1.807, 2.05) is 69.6 Å². The first-order valence-corrected chi connectivity index (χ1v) is 8.81. The molecule has 0 radical (unpaired) electrons. The Morgan fingerprint density at radius 1 is 0.920 bits per heavy atom. The SMILES string of the molecule is CN(C)C(C)(C)CNC(=O)C(C)(Cc1ccccc1)c1ccccc1. The van der Waals surface area contributed by atoms with Crippen LogP contribution in [0, 0.1) is 0 Å². The highest BCUT2D eigenvalue weighted by molar-refractivity contribution is 5.88. The summed E-state index contributed by atoms with van der Waals surface area (Å²) in [6.45, 7) is 6.90. The average Bonchev–Trinajstić information content (AvgIpc) is 2.61. The summed E-state index contributed by atoms with van der Waals surface area (Å²) < 4.78 is 0. The van der Waals surface area contributed by atoms with Crippen molar-refractivity contribution < 1.29 is 4.79 Å². The Bertz CT molecular complexity index is 680. The maximum atomic E-state index is 13.2. The quantitative estimate of drug-likeness (QED) is 0.836. The molecule has 0 aliphatic rings. The standard InChI is InChI=1S/C22H30N2O/c1-21(2,24(4)5)17-23-20(25)22(3,19-14-10-7-11-15-19)16-18-12-8-6-9-13-18/h6-15H,16-17H2,1-5H3,(H,23,25). The summed E-state index contributed by atoms with van der Waals surface area (Å²) in [7, 11) is 4.07. The molecule has 134 valence electrons. The molecule has 0 saturated carbocycles. The molecule has 1 amide bonds. The molecule has 3 nitrogen and oxygen atoms in total. The number of nitrogens with zero attached hydrogens (tertiary/aromatic N) is 1. The van der Waals surface area contributed by atoms with E-state index in [1.54, 1.807) is 0 Å². The van der Waals surface area contributed by atoms with Crippen molar-refractivity contribution in [3.05, 3.63) is 71.8 Å². The van der Waals surface area contributed by atoms with Crippen LogP contribution in [0.2, 0.25) is 0 Å². The number of hydrogen-bond acceptors (Lipinski definition) is 2. The summed E-state index contributed by atoms with van der Waals surface area (Å²) in [5.74, 6) is 0.0671. The molecular formula is C22H30N2O. The van der Waals surface area contributed by atoms with Gasteiger partial charge in [0.05, 0.1) is 5.41 Å². The molecule has 2 rings (SSSR count). The fraction of sp³-hybridized carbons (Fsp3) is 0.409. The number of amides is 1. The lowest BCUT2D eigenvalue weighted by Crippen LogP contribution is -2.52. The average molecular weight is 338 g/mol. The molecule has 0 bridgehead atoms. The molecular weight excluding hydrogens is 308 g/mol. The van der Waals surface area contributed by atoms with Gasteiger partial charge in [0.15, 0.2) is 0 Å². The fourth-order valence-electron chi connectivity index (χ4n) is 2.77. The van der Waals surface area contributed by atoms with Crippen LogP contribution in [0.4, 0.5) is 0 Å². The van der Waals surface area contributed by atoms with Crippen LogP contribution in [0.1, 0.15) is 31.9 Å². The van der Waals surface area contributed by atoms with Crippen LogP contribution in [-0.2, 0) is 16.6 Å². The molecule has 0 saturated heterocycles. The van der Waals surface area contributed by atoms with E-state index < -0.39 is 5.41 Å². The lowest BCUT2D eigenvalue weighted by atomic mass is 9.76. The minimum Gasteiger partial charge on any atom is -0.353 e. The second-order valence-electron chi connectivity index (χ2n) is 7.75. The van der Waals surface area contributed by atoms with Crippen molar-refractivity contribution in [2.24, 2.45) is 0 Å². The summed E-state index contributed by atoms with van der Waals surface area (Å²) >= 11 is 0. The van der Waals surface area contributed by atoms with E-state index in [9.17, 15) is 4.79 Å². The third kappa shape index (κ3) is 4.70. The molecule has 25 heavy (non-hydrogen) atoms. The van der Waals surface area contributed by atoms with Gasteiger partial charge in [0.2, 0.25) is 5.91 Å². The van der Waals surface area contributed by atoms with E-state index in [0.717, 1.165) is 11.1 Å². The molecule has 0 fully saturated rings. The molecule has 3 heteroatoms. The highest BCUT2D eigenvalue weighted by atomic mass is 16.2. The number of likely N-dealkylation sites (N-methyl/N-ethyl adjacent to an activating group) is 1. The zero-order valence-corrected chi connectivity index (χ0v) is 16.0. The van der Waals surface area contributed by atoms with E-state index in [2.05, 4.69) is 36.2 Å². The lowest BCUT2D eigenvalue weighted by Gasteiger charge is -2.35. The Morgan fingerprint density at radius 3 is 1.96 bits per heavy atom. The van der Waals surface area contributed by atoms with Crippen LogP contribution in [0.15, 0.2) is 60.7 Å². The first-order valence-electron chi connectivity index (χ1n) is 8.81. The highest BCUT2D eigenvalue weighted by Gasteiger charge is 2.36. The van der Waals surface area contributed by atoms with Crippen molar-refractivity contribution in [1.82, 2.24) is 10.2 Å². The molecule has 2 aromatic rings. The third-order valence-corrected chi connectivity index (χ3v) is 5.20. The van der Waals surface area contributed by atoms with Gasteiger partial charge in [-0.1, -0.05) is 60.7 Å². The van der Waals surface area contributed by atoms with E-state index in [0.29, 0.717) is 13.0 Å². The number of benzene rings is 2. The van der Waals surface area contributed by atoms with E-state index in [-0.39, 0.29) is 11.4 Å². The zero-order chi connectivity index (χ0) is 18.5. The van der Waals surface area contributed by atoms with Gasteiger partial charge >= 0.3 is 0 Å². The Kier molecular flexibility index (Phi) is 6.02. The van der Waals surface area contributed by atoms with Crippen LogP contribution in [0.3, 0.4) is 0 Å². The van der Waals surface area contributed by atoms with Gasteiger partial charge in [0.1, 0.15) is 0 Å². The number of rotatable bonds is 7. The van der Waals surface area contributed by atoms with Crippen LogP contribution in [0.25, 0.3) is 0 Å². The minimum atomic E-state index is -0.606. The van der Waals surface area contributed by atoms with Crippen molar-refractivity contribution in [2.45, 2.75) is 38.1 Å². The Labute approximate surface area is 152 Å². The monoisotopic (exact) mass is 338 g/mol. The van der Waals surface area contributed by atoms with Crippen LogP contribution in [-0.4, -0.2) is 37.0 Å². The van der Waals surface area contributed by atoms with E-state index >= 15 is 0 Å². The lowest BCUT2D eigenvalue weighted by molar-refractivity contribution is -0.126. The topological polar surface area (TPSA) is 32.3 Å². The maximum absolute atomic E-state index is 13.2. The van der Waals surface area contributed by atoms with E-state index in [4.69, 9.17) is 0 Å². The zero-order valence-electron chi connectivity index (χ0n) is 16.0.